The number of allylic oxidation sites excluding steroid dienone is 4. The maximum atomic E-state index is 13.0. The van der Waals surface area contributed by atoms with Crippen LogP contribution in [0.25, 0.3) is 0 Å². The summed E-state index contributed by atoms with van der Waals surface area (Å²) < 4.78 is 11.3. The Hall–Kier alpha value is -1.33. The summed E-state index contributed by atoms with van der Waals surface area (Å²) in [5.74, 6) is -0.145. The highest BCUT2D eigenvalue weighted by Gasteiger charge is 2.44. The van der Waals surface area contributed by atoms with Crippen LogP contribution >= 0.6 is 0 Å². The first kappa shape index (κ1) is 60.7. The van der Waals surface area contributed by atoms with Gasteiger partial charge < -0.3 is 40.3 Å². The van der Waals surface area contributed by atoms with Crippen LogP contribution in [0.5, 0.6) is 0 Å². The van der Waals surface area contributed by atoms with Gasteiger partial charge in [0.1, 0.15) is 24.4 Å². The molecule has 0 aromatic heterocycles. The van der Waals surface area contributed by atoms with Crippen LogP contribution in [0.15, 0.2) is 24.3 Å². The molecule has 1 amide bonds. The van der Waals surface area contributed by atoms with Crippen LogP contribution in [0.1, 0.15) is 264 Å². The number of aliphatic hydroxyl groups is 5. The maximum absolute atomic E-state index is 13.0. The first-order valence-corrected chi connectivity index (χ1v) is 27.6. The van der Waals surface area contributed by atoms with Crippen LogP contribution in [-0.2, 0) is 14.3 Å². The minimum absolute atomic E-state index is 0.137. The van der Waals surface area contributed by atoms with Crippen molar-refractivity contribution in [1.82, 2.24) is 5.32 Å². The second-order valence-electron chi connectivity index (χ2n) is 19.4. The lowest BCUT2D eigenvalue weighted by molar-refractivity contribution is -0.302. The normalized spacial score (nSPS) is 20.1. The summed E-state index contributed by atoms with van der Waals surface area (Å²) in [6.07, 6.45) is 49.0. The molecule has 1 saturated heterocycles. The summed E-state index contributed by atoms with van der Waals surface area (Å²) in [5, 5.41) is 54.6. The molecule has 0 saturated carbocycles. The number of hydrogen-bond donors (Lipinski definition) is 6. The molecule has 7 unspecified atom stereocenters. The Morgan fingerprint density at radius 3 is 1.34 bits per heavy atom. The number of nitrogens with one attached hydrogen (secondary N) is 1. The van der Waals surface area contributed by atoms with Crippen LogP contribution in [0.4, 0.5) is 0 Å². The van der Waals surface area contributed by atoms with E-state index in [9.17, 15) is 30.3 Å². The van der Waals surface area contributed by atoms with E-state index in [0.29, 0.717) is 12.8 Å². The van der Waals surface area contributed by atoms with Crippen molar-refractivity contribution >= 4 is 5.91 Å². The summed E-state index contributed by atoms with van der Waals surface area (Å²) in [4.78, 5) is 13.0. The van der Waals surface area contributed by atoms with Crippen LogP contribution in [-0.4, -0.2) is 87.5 Å². The highest BCUT2D eigenvalue weighted by atomic mass is 16.7. The Labute approximate surface area is 394 Å². The van der Waals surface area contributed by atoms with Crippen molar-refractivity contribution in [3.05, 3.63) is 24.3 Å². The van der Waals surface area contributed by atoms with Gasteiger partial charge in [0.05, 0.1) is 25.4 Å². The molecule has 7 atom stereocenters. The lowest BCUT2D eigenvalue weighted by atomic mass is 9.99. The minimum atomic E-state index is -1.55. The molecular weight excluding hydrogens is 803 g/mol. The van der Waals surface area contributed by atoms with E-state index in [-0.39, 0.29) is 12.5 Å². The Bertz CT molecular complexity index is 1060. The largest absolute Gasteiger partial charge is 0.394 e. The number of carbonyl (C=O) groups excluding carboxylic acids is 1. The molecule has 0 bridgehead atoms. The quantitative estimate of drug-likeness (QED) is 0.0261. The maximum Gasteiger partial charge on any atom is 0.220 e. The number of carbonyl (C=O) groups is 1. The first-order valence-electron chi connectivity index (χ1n) is 27.6. The fourth-order valence-corrected chi connectivity index (χ4v) is 8.92. The molecule has 9 heteroatoms. The molecule has 0 aromatic carbocycles. The van der Waals surface area contributed by atoms with Crippen molar-refractivity contribution in [2.45, 2.75) is 307 Å². The third-order valence-electron chi connectivity index (χ3n) is 13.3. The zero-order chi connectivity index (χ0) is 46.6. The van der Waals surface area contributed by atoms with Crippen LogP contribution in [0.2, 0.25) is 0 Å². The van der Waals surface area contributed by atoms with Gasteiger partial charge >= 0.3 is 0 Å². The molecule has 378 valence electrons. The van der Waals surface area contributed by atoms with Crippen molar-refractivity contribution < 1.29 is 39.8 Å². The molecule has 6 N–H and O–H groups in total. The number of ether oxygens (including phenoxy) is 2. The third-order valence-corrected chi connectivity index (χ3v) is 13.3. The number of amides is 1. The summed E-state index contributed by atoms with van der Waals surface area (Å²) in [7, 11) is 0. The summed E-state index contributed by atoms with van der Waals surface area (Å²) in [6.45, 7) is 3.84. The predicted octanol–water partition coefficient (Wildman–Crippen LogP) is 13.0. The highest BCUT2D eigenvalue weighted by molar-refractivity contribution is 5.76. The van der Waals surface area contributed by atoms with Gasteiger partial charge in [-0.1, -0.05) is 244 Å². The number of rotatable bonds is 47. The summed E-state index contributed by atoms with van der Waals surface area (Å²) in [5.41, 5.74) is 0. The Balaban J connectivity index is 2.23. The SMILES string of the molecule is CCCCC/C=C\C=C/CCCCCCCCCCCCC(=O)NC(COC1OC(CO)C(O)C(O)C1O)C(O)CCCCCCCCCCCCCCCCCCCCCCCC. The molecule has 1 aliphatic rings. The predicted molar refractivity (Wildman–Crippen MR) is 267 cm³/mol. The Morgan fingerprint density at radius 2 is 0.906 bits per heavy atom. The Morgan fingerprint density at radius 1 is 0.531 bits per heavy atom. The van der Waals surface area contributed by atoms with Gasteiger partial charge in [-0.15, -0.1) is 0 Å². The smallest absolute Gasteiger partial charge is 0.220 e. The van der Waals surface area contributed by atoms with Gasteiger partial charge in [0, 0.05) is 6.42 Å². The van der Waals surface area contributed by atoms with E-state index in [1.807, 2.05) is 0 Å². The molecule has 0 aromatic rings. The monoisotopic (exact) mass is 908 g/mol. The topological polar surface area (TPSA) is 149 Å². The first-order chi connectivity index (χ1) is 31.3. The minimum Gasteiger partial charge on any atom is -0.394 e. The standard InChI is InChI=1S/C55H105NO8/c1-3-5-7-9-11-13-15-17-19-21-23-24-25-27-28-30-32-34-36-38-40-42-44-49(58)48(47-63-55-54(62)53(61)52(60)50(46-57)64-55)56-51(59)45-43-41-39-37-35-33-31-29-26-22-20-18-16-14-12-10-8-6-4-2/h12,14,16,18,48-50,52-55,57-58,60-62H,3-11,13,15,17,19-47H2,1-2H3,(H,56,59)/b14-12-,18-16-. The van der Waals surface area contributed by atoms with E-state index in [0.717, 1.165) is 44.9 Å². The highest BCUT2D eigenvalue weighted by Crippen LogP contribution is 2.23. The Kier molecular flexibility index (Phi) is 43.1. The molecule has 1 fully saturated rings. The van der Waals surface area contributed by atoms with Crippen molar-refractivity contribution in [1.29, 1.82) is 0 Å². The lowest BCUT2D eigenvalue weighted by Gasteiger charge is -2.40. The number of aliphatic hydroxyl groups excluding tert-OH is 5. The van der Waals surface area contributed by atoms with Gasteiger partial charge in [0.2, 0.25) is 5.91 Å². The molecule has 1 aliphatic heterocycles. The van der Waals surface area contributed by atoms with Crippen molar-refractivity contribution in [2.75, 3.05) is 13.2 Å². The molecule has 0 spiro atoms. The van der Waals surface area contributed by atoms with Crippen LogP contribution in [0.3, 0.4) is 0 Å². The van der Waals surface area contributed by atoms with Gasteiger partial charge in [-0.05, 0) is 38.5 Å². The van der Waals surface area contributed by atoms with E-state index in [2.05, 4.69) is 43.5 Å². The fraction of sp³-hybridized carbons (Fsp3) is 0.909. The lowest BCUT2D eigenvalue weighted by Crippen LogP contribution is -2.60. The molecule has 0 radical (unpaired) electrons. The average Bonchev–Trinajstić information content (AvgIpc) is 3.29. The summed E-state index contributed by atoms with van der Waals surface area (Å²) in [6, 6.07) is -0.719. The molecular formula is C55H105NO8. The van der Waals surface area contributed by atoms with E-state index in [1.165, 1.54) is 193 Å². The van der Waals surface area contributed by atoms with Crippen molar-refractivity contribution in [3.63, 3.8) is 0 Å². The van der Waals surface area contributed by atoms with Gasteiger partial charge in [0.15, 0.2) is 6.29 Å². The molecule has 64 heavy (non-hydrogen) atoms. The zero-order valence-electron chi connectivity index (χ0n) is 41.8. The number of unbranched alkanes of at least 4 members (excludes halogenated alkanes) is 34. The fourth-order valence-electron chi connectivity index (χ4n) is 8.92. The van der Waals surface area contributed by atoms with Crippen LogP contribution < -0.4 is 5.32 Å². The van der Waals surface area contributed by atoms with Crippen molar-refractivity contribution in [3.8, 4) is 0 Å². The van der Waals surface area contributed by atoms with E-state index in [1.54, 1.807) is 0 Å². The van der Waals surface area contributed by atoms with Gasteiger partial charge in [-0.2, -0.15) is 0 Å². The molecule has 9 nitrogen and oxygen atoms in total. The van der Waals surface area contributed by atoms with Gasteiger partial charge in [-0.3, -0.25) is 4.79 Å². The molecule has 0 aliphatic carbocycles. The molecule has 1 rings (SSSR count). The van der Waals surface area contributed by atoms with E-state index in [4.69, 9.17) is 9.47 Å². The third kappa shape index (κ3) is 34.9. The summed E-state index contributed by atoms with van der Waals surface area (Å²) >= 11 is 0. The van der Waals surface area contributed by atoms with Gasteiger partial charge in [-0.25, -0.2) is 0 Å². The second-order valence-corrected chi connectivity index (χ2v) is 19.4. The number of hydrogen-bond acceptors (Lipinski definition) is 8. The van der Waals surface area contributed by atoms with Crippen molar-refractivity contribution in [2.24, 2.45) is 0 Å². The van der Waals surface area contributed by atoms with E-state index >= 15 is 0 Å². The van der Waals surface area contributed by atoms with Crippen LogP contribution in [0, 0.1) is 0 Å². The molecule has 1 heterocycles. The van der Waals surface area contributed by atoms with E-state index < -0.39 is 49.5 Å². The zero-order valence-corrected chi connectivity index (χ0v) is 41.8. The average molecular weight is 908 g/mol. The van der Waals surface area contributed by atoms with Gasteiger partial charge in [0.25, 0.3) is 0 Å². The second kappa shape index (κ2) is 45.5.